The first-order valence-corrected chi connectivity index (χ1v) is 6.77. The summed E-state index contributed by atoms with van der Waals surface area (Å²) in [6.45, 7) is 8.18. The van der Waals surface area contributed by atoms with Crippen LogP contribution >= 0.6 is 0 Å². The van der Waals surface area contributed by atoms with Gasteiger partial charge in [0.05, 0.1) is 18.8 Å². The minimum atomic E-state index is -0.223. The van der Waals surface area contributed by atoms with E-state index in [-0.39, 0.29) is 6.04 Å². The van der Waals surface area contributed by atoms with Crippen LogP contribution in [0.2, 0.25) is 0 Å². The van der Waals surface area contributed by atoms with Crippen molar-refractivity contribution in [1.82, 2.24) is 9.78 Å². The maximum atomic E-state index is 6.53. The fourth-order valence-corrected chi connectivity index (χ4v) is 2.89. The molecule has 0 bridgehead atoms. The summed E-state index contributed by atoms with van der Waals surface area (Å²) in [4.78, 5) is 0. The number of ether oxygens (including phenoxy) is 1. The highest BCUT2D eigenvalue weighted by Gasteiger charge is 2.23. The summed E-state index contributed by atoms with van der Waals surface area (Å²) in [7, 11) is 3.63. The quantitative estimate of drug-likeness (QED) is 0.935. The van der Waals surface area contributed by atoms with Crippen molar-refractivity contribution in [3.63, 3.8) is 0 Å². The lowest BCUT2D eigenvalue weighted by Crippen LogP contribution is -2.16. The predicted molar refractivity (Wildman–Crippen MR) is 81.2 cm³/mol. The Labute approximate surface area is 120 Å². The van der Waals surface area contributed by atoms with Crippen molar-refractivity contribution in [2.24, 2.45) is 12.8 Å². The first-order valence-electron chi connectivity index (χ1n) is 6.77. The lowest BCUT2D eigenvalue weighted by Gasteiger charge is -2.20. The molecule has 2 aromatic rings. The van der Waals surface area contributed by atoms with Gasteiger partial charge in [-0.25, -0.2) is 0 Å². The lowest BCUT2D eigenvalue weighted by atomic mass is 9.92. The zero-order valence-corrected chi connectivity index (χ0v) is 13.1. The van der Waals surface area contributed by atoms with Crippen molar-refractivity contribution in [1.29, 1.82) is 0 Å². The van der Waals surface area contributed by atoms with Crippen LogP contribution in [0, 0.1) is 27.7 Å². The van der Waals surface area contributed by atoms with Gasteiger partial charge in [0.15, 0.2) is 0 Å². The van der Waals surface area contributed by atoms with Crippen LogP contribution in [0.3, 0.4) is 0 Å². The fourth-order valence-electron chi connectivity index (χ4n) is 2.89. The third-order valence-electron chi connectivity index (χ3n) is 3.90. The summed E-state index contributed by atoms with van der Waals surface area (Å²) in [5, 5.41) is 4.46. The average molecular weight is 273 g/mol. The number of aromatic nitrogens is 2. The number of rotatable bonds is 3. The Kier molecular flexibility index (Phi) is 3.86. The van der Waals surface area contributed by atoms with E-state index < -0.39 is 0 Å². The highest BCUT2D eigenvalue weighted by molar-refractivity contribution is 5.49. The van der Waals surface area contributed by atoms with Gasteiger partial charge in [-0.05, 0) is 44.9 Å². The summed E-state index contributed by atoms with van der Waals surface area (Å²) in [5.41, 5.74) is 13.0. The number of nitrogens with two attached hydrogens (primary N) is 1. The molecule has 108 valence electrons. The molecule has 0 fully saturated rings. The van der Waals surface area contributed by atoms with Gasteiger partial charge in [-0.15, -0.1) is 0 Å². The first kappa shape index (κ1) is 14.6. The number of nitrogens with zero attached hydrogens (tertiary/aromatic N) is 2. The molecule has 20 heavy (non-hydrogen) atoms. The van der Waals surface area contributed by atoms with E-state index in [1.165, 1.54) is 5.56 Å². The van der Waals surface area contributed by atoms with Gasteiger partial charge < -0.3 is 10.5 Å². The van der Waals surface area contributed by atoms with Gasteiger partial charge in [0.2, 0.25) is 0 Å². The Morgan fingerprint density at radius 3 is 2.30 bits per heavy atom. The van der Waals surface area contributed by atoms with E-state index in [9.17, 15) is 0 Å². The zero-order valence-electron chi connectivity index (χ0n) is 13.1. The van der Waals surface area contributed by atoms with E-state index in [1.807, 2.05) is 31.6 Å². The van der Waals surface area contributed by atoms with Gasteiger partial charge in [0.25, 0.3) is 0 Å². The number of benzene rings is 1. The molecule has 2 N–H and O–H groups in total. The van der Waals surface area contributed by atoms with Crippen molar-refractivity contribution in [3.05, 3.63) is 45.8 Å². The summed E-state index contributed by atoms with van der Waals surface area (Å²) in [6.07, 6.45) is 0. The number of methoxy groups -OCH3 is 1. The maximum Gasteiger partial charge on any atom is 0.124 e. The number of hydrogen-bond donors (Lipinski definition) is 1. The van der Waals surface area contributed by atoms with Crippen molar-refractivity contribution in [2.75, 3.05) is 7.11 Å². The van der Waals surface area contributed by atoms with Crippen LogP contribution in [0.15, 0.2) is 12.1 Å². The molecule has 0 aliphatic rings. The predicted octanol–water partition coefficient (Wildman–Crippen LogP) is 2.71. The van der Waals surface area contributed by atoms with Crippen molar-refractivity contribution in [2.45, 2.75) is 33.7 Å². The van der Waals surface area contributed by atoms with E-state index in [0.717, 1.165) is 33.8 Å². The molecule has 0 spiro atoms. The van der Waals surface area contributed by atoms with E-state index >= 15 is 0 Å². The van der Waals surface area contributed by atoms with Gasteiger partial charge in [0.1, 0.15) is 5.75 Å². The maximum absolute atomic E-state index is 6.53. The standard InChI is InChI=1S/C16H23N3O/c1-9-7-10(2)14(13(8-9)20-6)16(17)15-11(3)18-19(5)12(15)4/h7-8,16H,17H2,1-6H3. The lowest BCUT2D eigenvalue weighted by molar-refractivity contribution is 0.407. The molecule has 0 aliphatic carbocycles. The molecule has 0 amide bonds. The Bertz CT molecular complexity index is 644. The second-order valence-corrected chi connectivity index (χ2v) is 5.38. The Balaban J connectivity index is 2.62. The molecule has 4 heteroatoms. The van der Waals surface area contributed by atoms with E-state index in [1.54, 1.807) is 7.11 Å². The van der Waals surface area contributed by atoms with Crippen molar-refractivity contribution >= 4 is 0 Å². The molecule has 0 saturated carbocycles. The minimum Gasteiger partial charge on any atom is -0.496 e. The number of aryl methyl sites for hydroxylation is 4. The third-order valence-corrected chi connectivity index (χ3v) is 3.90. The van der Waals surface area contributed by atoms with Crippen LogP contribution in [-0.4, -0.2) is 16.9 Å². The third kappa shape index (κ3) is 2.31. The molecule has 1 unspecified atom stereocenters. The smallest absolute Gasteiger partial charge is 0.124 e. The van der Waals surface area contributed by atoms with Crippen LogP contribution < -0.4 is 10.5 Å². The van der Waals surface area contributed by atoms with Gasteiger partial charge in [-0.2, -0.15) is 5.10 Å². The monoisotopic (exact) mass is 273 g/mol. The largest absolute Gasteiger partial charge is 0.496 e. The van der Waals surface area contributed by atoms with Gasteiger partial charge >= 0.3 is 0 Å². The first-order chi connectivity index (χ1) is 9.36. The van der Waals surface area contributed by atoms with Gasteiger partial charge in [-0.1, -0.05) is 6.07 Å². The van der Waals surface area contributed by atoms with Crippen molar-refractivity contribution in [3.8, 4) is 5.75 Å². The topological polar surface area (TPSA) is 53.1 Å². The fraction of sp³-hybridized carbons (Fsp3) is 0.438. The number of hydrogen-bond acceptors (Lipinski definition) is 3. The molecule has 0 radical (unpaired) electrons. The Morgan fingerprint density at radius 1 is 1.15 bits per heavy atom. The second kappa shape index (κ2) is 5.29. The molecule has 1 aromatic heterocycles. The molecule has 0 aliphatic heterocycles. The summed E-state index contributed by atoms with van der Waals surface area (Å²) in [5.74, 6) is 0.845. The van der Waals surface area contributed by atoms with Gasteiger partial charge in [0, 0.05) is 23.9 Å². The van der Waals surface area contributed by atoms with Crippen LogP contribution in [0.1, 0.15) is 39.7 Å². The zero-order chi connectivity index (χ0) is 15.0. The Hall–Kier alpha value is -1.81. The second-order valence-electron chi connectivity index (χ2n) is 5.38. The molecule has 0 saturated heterocycles. The van der Waals surface area contributed by atoms with E-state index in [4.69, 9.17) is 10.5 Å². The summed E-state index contributed by atoms with van der Waals surface area (Å²) < 4.78 is 7.40. The molecule has 2 rings (SSSR count). The molecule has 4 nitrogen and oxygen atoms in total. The average Bonchev–Trinajstić information content (AvgIpc) is 2.61. The van der Waals surface area contributed by atoms with Gasteiger partial charge in [-0.3, -0.25) is 4.68 Å². The van der Waals surface area contributed by atoms with Crippen molar-refractivity contribution < 1.29 is 4.74 Å². The summed E-state index contributed by atoms with van der Waals surface area (Å²) >= 11 is 0. The van der Waals surface area contributed by atoms with Crippen LogP contribution in [-0.2, 0) is 7.05 Å². The highest BCUT2D eigenvalue weighted by Crippen LogP contribution is 2.34. The SMILES string of the molecule is COc1cc(C)cc(C)c1C(N)c1c(C)nn(C)c1C. The van der Waals surface area contributed by atoms with Crippen LogP contribution in [0.25, 0.3) is 0 Å². The molecular weight excluding hydrogens is 250 g/mol. The Morgan fingerprint density at radius 2 is 1.80 bits per heavy atom. The van der Waals surface area contributed by atoms with E-state index in [0.29, 0.717) is 0 Å². The molecule has 1 heterocycles. The minimum absolute atomic E-state index is 0.223. The van der Waals surface area contributed by atoms with E-state index in [2.05, 4.69) is 25.0 Å². The molecule has 1 aromatic carbocycles. The van der Waals surface area contributed by atoms with Crippen LogP contribution in [0.4, 0.5) is 0 Å². The highest BCUT2D eigenvalue weighted by atomic mass is 16.5. The normalized spacial score (nSPS) is 12.6. The summed E-state index contributed by atoms with van der Waals surface area (Å²) in [6, 6.07) is 3.95. The molecule has 1 atom stereocenters. The van der Waals surface area contributed by atoms with Crippen LogP contribution in [0.5, 0.6) is 5.75 Å². The molecular formula is C16H23N3O.